The number of rotatable bonds is 8. The average molecular weight is 725 g/mol. The van der Waals surface area contributed by atoms with E-state index < -0.39 is 5.97 Å². The predicted octanol–water partition coefficient (Wildman–Crippen LogP) is 9.01. The van der Waals surface area contributed by atoms with Crippen molar-refractivity contribution in [3.8, 4) is 22.3 Å². The number of benzene rings is 4. The van der Waals surface area contributed by atoms with Gasteiger partial charge in [0.2, 0.25) is 0 Å². The smallest absolute Gasteiger partial charge is 0.339 e. The zero-order chi connectivity index (χ0) is 37.8. The number of methoxy groups -OCH3 is 1. The first-order valence-corrected chi connectivity index (χ1v) is 18.6. The second-order valence-corrected chi connectivity index (χ2v) is 14.7. The second kappa shape index (κ2) is 13.7. The van der Waals surface area contributed by atoms with Crippen LogP contribution in [-0.4, -0.2) is 45.7 Å². The number of fused-ring (bicyclic) bond motifs is 6. The quantitative estimate of drug-likeness (QED) is 0.154. The number of hydrogen-bond donors (Lipinski definition) is 1. The lowest BCUT2D eigenvalue weighted by Crippen LogP contribution is -2.09. The van der Waals surface area contributed by atoms with Crippen molar-refractivity contribution in [2.75, 3.05) is 7.11 Å². The summed E-state index contributed by atoms with van der Waals surface area (Å²) in [6.45, 7) is 0. The Kier molecular flexibility index (Phi) is 8.53. The minimum Gasteiger partial charge on any atom is -0.478 e. The first kappa shape index (κ1) is 34.2. The highest BCUT2D eigenvalue weighted by atomic mass is 16.5. The summed E-state index contributed by atoms with van der Waals surface area (Å²) in [5.41, 5.74) is 12.7. The largest absolute Gasteiger partial charge is 0.478 e. The molecule has 8 nitrogen and oxygen atoms in total. The molecular formula is C47H36N2O6. The summed E-state index contributed by atoms with van der Waals surface area (Å²) in [5, 5.41) is 9.59. The van der Waals surface area contributed by atoms with E-state index in [2.05, 4.69) is 9.97 Å². The predicted molar refractivity (Wildman–Crippen MR) is 207 cm³/mol. The second-order valence-electron chi connectivity index (χ2n) is 14.7. The molecule has 6 aromatic rings. The summed E-state index contributed by atoms with van der Waals surface area (Å²) in [4.78, 5) is 58.4. The number of pyridine rings is 2. The van der Waals surface area contributed by atoms with Crippen molar-refractivity contribution in [3.05, 3.63) is 176 Å². The fourth-order valence-corrected chi connectivity index (χ4v) is 7.81. The van der Waals surface area contributed by atoms with Gasteiger partial charge in [0.1, 0.15) is 0 Å². The monoisotopic (exact) mass is 724 g/mol. The number of carbonyl (C=O) groups is 4. The Bertz CT molecular complexity index is 2600. The molecule has 0 atom stereocenters. The standard InChI is InChI=1S/C24H19NO3.C23H17NO3/c1-28-24(27)21-12-16(15-7-8-15)13-25-22(21)11-14-6-9-18-17-4-2-3-5-19(17)23(26)20(18)10-14;25-22-18-4-2-1-3-16(18)17-8-5-13(9-19(17)22)10-21-20(23(26)27)11-15(12-24-21)14-6-7-14/h2-6,9-10,12-13,15H,7-8,11H2,1H3;1-5,8-9,11-12,14H,6-7,10H2,(H,26,27). The van der Waals surface area contributed by atoms with Gasteiger partial charge in [0.25, 0.3) is 0 Å². The van der Waals surface area contributed by atoms with Crippen molar-refractivity contribution in [1.82, 2.24) is 9.97 Å². The third-order valence-corrected chi connectivity index (χ3v) is 11.0. The molecule has 0 aliphatic heterocycles. The van der Waals surface area contributed by atoms with Crippen LogP contribution in [0.15, 0.2) is 109 Å². The Morgan fingerprint density at radius 3 is 1.44 bits per heavy atom. The summed E-state index contributed by atoms with van der Waals surface area (Å²) in [6, 6.07) is 30.7. The van der Waals surface area contributed by atoms with Gasteiger partial charge in [0, 0.05) is 47.5 Å². The molecule has 0 bridgehead atoms. The highest BCUT2D eigenvalue weighted by Gasteiger charge is 2.30. The van der Waals surface area contributed by atoms with Crippen LogP contribution in [0.1, 0.15) is 124 Å². The Balaban J connectivity index is 0.000000144. The Hall–Kier alpha value is -6.54. The van der Waals surface area contributed by atoms with Crippen molar-refractivity contribution < 1.29 is 29.0 Å². The van der Waals surface area contributed by atoms with Gasteiger partial charge >= 0.3 is 11.9 Å². The van der Waals surface area contributed by atoms with E-state index in [0.29, 0.717) is 52.8 Å². The van der Waals surface area contributed by atoms with Gasteiger partial charge in [-0.05, 0) is 106 Å². The van der Waals surface area contributed by atoms with Gasteiger partial charge in [-0.15, -0.1) is 0 Å². The zero-order valence-electron chi connectivity index (χ0n) is 30.2. The Labute approximate surface area is 317 Å². The zero-order valence-corrected chi connectivity index (χ0v) is 30.2. The van der Waals surface area contributed by atoms with Gasteiger partial charge in [-0.2, -0.15) is 0 Å². The molecule has 4 aromatic carbocycles. The number of ether oxygens (including phenoxy) is 1. The number of ketones is 2. The van der Waals surface area contributed by atoms with Crippen molar-refractivity contribution in [2.24, 2.45) is 0 Å². The normalized spacial score (nSPS) is 14.6. The van der Waals surface area contributed by atoms with Gasteiger partial charge in [-0.1, -0.05) is 72.8 Å². The summed E-state index contributed by atoms with van der Waals surface area (Å²) in [6.07, 6.45) is 9.04. The number of carbonyl (C=O) groups excluding carboxylic acids is 3. The van der Waals surface area contributed by atoms with Gasteiger partial charge in [0.05, 0.1) is 29.6 Å². The van der Waals surface area contributed by atoms with E-state index in [1.165, 1.54) is 7.11 Å². The number of aromatic nitrogens is 2. The van der Waals surface area contributed by atoms with Crippen molar-refractivity contribution in [1.29, 1.82) is 0 Å². The summed E-state index contributed by atoms with van der Waals surface area (Å²) in [7, 11) is 1.39. The number of aromatic carboxylic acids is 1. The first-order chi connectivity index (χ1) is 26.8. The van der Waals surface area contributed by atoms with Gasteiger partial charge in [0.15, 0.2) is 11.6 Å². The minimum atomic E-state index is -0.954. The van der Waals surface area contributed by atoms with E-state index in [1.807, 2.05) is 97.2 Å². The van der Waals surface area contributed by atoms with E-state index in [-0.39, 0.29) is 23.1 Å². The number of hydrogen-bond acceptors (Lipinski definition) is 7. The first-order valence-electron chi connectivity index (χ1n) is 18.6. The molecule has 2 heterocycles. The SMILES string of the molecule is COC(=O)c1cc(C2CC2)cnc1Cc1ccc2c(c1)C(=O)c1ccccc1-2.O=C1c2ccccc2-c2ccc(Cc3ncc(C4CC4)cc3C(=O)O)cc21. The molecule has 8 heteroatoms. The summed E-state index contributed by atoms with van der Waals surface area (Å²) < 4.78 is 4.97. The number of carboxylic acid groups (broad SMARTS) is 1. The fraction of sp³-hybridized carbons (Fsp3) is 0.191. The van der Waals surface area contributed by atoms with Crippen molar-refractivity contribution in [2.45, 2.75) is 50.4 Å². The molecular weight excluding hydrogens is 689 g/mol. The highest BCUT2D eigenvalue weighted by Crippen LogP contribution is 2.42. The van der Waals surface area contributed by atoms with E-state index in [9.17, 15) is 24.3 Å². The fourth-order valence-electron chi connectivity index (χ4n) is 7.81. The lowest BCUT2D eigenvalue weighted by molar-refractivity contribution is 0.0597. The number of esters is 1. The molecule has 2 fully saturated rings. The number of carboxylic acids is 1. The molecule has 55 heavy (non-hydrogen) atoms. The molecule has 4 aliphatic rings. The maximum Gasteiger partial charge on any atom is 0.339 e. The molecule has 270 valence electrons. The third kappa shape index (κ3) is 6.43. The lowest BCUT2D eigenvalue weighted by atomic mass is 9.98. The topological polar surface area (TPSA) is 124 Å². The Morgan fingerprint density at radius 2 is 1.00 bits per heavy atom. The molecule has 1 N–H and O–H groups in total. The summed E-state index contributed by atoms with van der Waals surface area (Å²) >= 11 is 0. The molecule has 10 rings (SSSR count). The van der Waals surface area contributed by atoms with E-state index in [4.69, 9.17) is 4.74 Å². The molecule has 4 aliphatic carbocycles. The van der Waals surface area contributed by atoms with Crippen LogP contribution in [-0.2, 0) is 17.6 Å². The molecule has 0 saturated heterocycles. The van der Waals surface area contributed by atoms with Gasteiger partial charge < -0.3 is 9.84 Å². The van der Waals surface area contributed by atoms with Crippen molar-refractivity contribution in [3.63, 3.8) is 0 Å². The molecule has 2 aromatic heterocycles. The van der Waals surface area contributed by atoms with E-state index in [0.717, 1.165) is 81.3 Å². The maximum absolute atomic E-state index is 12.8. The van der Waals surface area contributed by atoms with Gasteiger partial charge in [-0.25, -0.2) is 9.59 Å². The van der Waals surface area contributed by atoms with Gasteiger partial charge in [-0.3, -0.25) is 19.6 Å². The lowest BCUT2D eigenvalue weighted by Gasteiger charge is -2.10. The average Bonchev–Trinajstić information content (AvgIpc) is 4.16. The Morgan fingerprint density at radius 1 is 0.582 bits per heavy atom. The molecule has 0 unspecified atom stereocenters. The van der Waals surface area contributed by atoms with Crippen LogP contribution in [0.25, 0.3) is 22.3 Å². The van der Waals surface area contributed by atoms with Crippen LogP contribution in [0.2, 0.25) is 0 Å². The molecule has 0 radical (unpaired) electrons. The van der Waals surface area contributed by atoms with Crippen LogP contribution >= 0.6 is 0 Å². The van der Waals surface area contributed by atoms with Crippen LogP contribution in [0.5, 0.6) is 0 Å². The third-order valence-electron chi connectivity index (χ3n) is 11.0. The minimum absolute atomic E-state index is 0.0259. The van der Waals surface area contributed by atoms with Crippen LogP contribution < -0.4 is 0 Å². The maximum atomic E-state index is 12.8. The molecule has 2 saturated carbocycles. The highest BCUT2D eigenvalue weighted by molar-refractivity contribution is 6.22. The summed E-state index contributed by atoms with van der Waals surface area (Å²) in [5.74, 6) is -0.267. The van der Waals surface area contributed by atoms with E-state index >= 15 is 0 Å². The van der Waals surface area contributed by atoms with Crippen LogP contribution in [0.4, 0.5) is 0 Å². The number of nitrogens with zero attached hydrogens (tertiary/aromatic N) is 2. The van der Waals surface area contributed by atoms with Crippen molar-refractivity contribution >= 4 is 23.5 Å². The van der Waals surface area contributed by atoms with Crippen LogP contribution in [0, 0.1) is 0 Å². The van der Waals surface area contributed by atoms with E-state index in [1.54, 1.807) is 12.3 Å². The molecule has 0 amide bonds. The van der Waals surface area contributed by atoms with Crippen LogP contribution in [0.3, 0.4) is 0 Å². The molecule has 0 spiro atoms.